The molecule has 0 saturated carbocycles. The van der Waals surface area contributed by atoms with Crippen LogP contribution in [0, 0.1) is 11.7 Å². The lowest BCUT2D eigenvalue weighted by atomic mass is 10.0. The number of likely N-dealkylation sites (tertiary alicyclic amines) is 1. The van der Waals surface area contributed by atoms with E-state index in [1.54, 1.807) is 19.1 Å². The molecule has 1 unspecified atom stereocenters. The second kappa shape index (κ2) is 8.63. The van der Waals surface area contributed by atoms with Crippen molar-refractivity contribution in [2.45, 2.75) is 32.2 Å². The van der Waals surface area contributed by atoms with Crippen LogP contribution in [-0.2, 0) is 4.74 Å². The fourth-order valence-electron chi connectivity index (χ4n) is 3.59. The third-order valence-electron chi connectivity index (χ3n) is 4.96. The fourth-order valence-corrected chi connectivity index (χ4v) is 3.59. The van der Waals surface area contributed by atoms with Crippen molar-refractivity contribution in [1.29, 1.82) is 0 Å². The van der Waals surface area contributed by atoms with Gasteiger partial charge in [0.2, 0.25) is 0 Å². The maximum atomic E-state index is 13.9. The maximum absolute atomic E-state index is 13.9. The summed E-state index contributed by atoms with van der Waals surface area (Å²) in [5, 5.41) is 3.04. The molecule has 0 radical (unpaired) electrons. The summed E-state index contributed by atoms with van der Waals surface area (Å²) in [5.41, 5.74) is 0.271. The van der Waals surface area contributed by atoms with E-state index in [1.165, 1.54) is 6.07 Å². The zero-order chi connectivity index (χ0) is 17.6. The van der Waals surface area contributed by atoms with E-state index < -0.39 is 5.82 Å². The average Bonchev–Trinajstić information content (AvgIpc) is 3.11. The number of hydrogen-bond donors (Lipinski definition) is 1. The number of nitrogens with one attached hydrogen (secondary N) is 1. The zero-order valence-corrected chi connectivity index (χ0v) is 14.8. The Bertz CT molecular complexity index is 582. The van der Waals surface area contributed by atoms with Crippen LogP contribution >= 0.6 is 0 Å². The molecule has 2 saturated heterocycles. The van der Waals surface area contributed by atoms with Crippen molar-refractivity contribution in [1.82, 2.24) is 10.2 Å². The molecule has 0 aromatic heterocycles. The molecule has 0 bridgehead atoms. The van der Waals surface area contributed by atoms with Crippen LogP contribution in [0.5, 0.6) is 5.75 Å². The minimum absolute atomic E-state index is 0.0427. The van der Waals surface area contributed by atoms with E-state index in [2.05, 4.69) is 10.2 Å². The highest BCUT2D eigenvalue weighted by Gasteiger charge is 2.26. The van der Waals surface area contributed by atoms with E-state index in [0.717, 1.165) is 52.1 Å². The number of halogens is 1. The number of para-hydroxylation sites is 1. The van der Waals surface area contributed by atoms with Crippen molar-refractivity contribution in [3.63, 3.8) is 0 Å². The number of hydrogen-bond acceptors (Lipinski definition) is 4. The summed E-state index contributed by atoms with van der Waals surface area (Å²) >= 11 is 0. The second-order valence-corrected chi connectivity index (χ2v) is 6.83. The van der Waals surface area contributed by atoms with Crippen molar-refractivity contribution >= 4 is 5.91 Å². The average molecular weight is 350 g/mol. The summed E-state index contributed by atoms with van der Waals surface area (Å²) in [7, 11) is 0. The molecule has 2 aliphatic heterocycles. The molecule has 2 aliphatic rings. The van der Waals surface area contributed by atoms with Gasteiger partial charge in [-0.1, -0.05) is 6.07 Å². The molecule has 5 nitrogen and oxygen atoms in total. The van der Waals surface area contributed by atoms with E-state index in [1.807, 2.05) is 0 Å². The molecule has 1 aromatic rings. The predicted molar refractivity (Wildman–Crippen MR) is 93.4 cm³/mol. The van der Waals surface area contributed by atoms with Crippen molar-refractivity contribution in [3.05, 3.63) is 29.6 Å². The monoisotopic (exact) mass is 350 g/mol. The largest absolute Gasteiger partial charge is 0.490 e. The van der Waals surface area contributed by atoms with Gasteiger partial charge in [0, 0.05) is 32.3 Å². The number of carbonyl (C=O) groups excluding carboxylic acids is 1. The topological polar surface area (TPSA) is 50.8 Å². The molecule has 0 aliphatic carbocycles. The highest BCUT2D eigenvalue weighted by Crippen LogP contribution is 2.23. The lowest BCUT2D eigenvalue weighted by Gasteiger charge is -2.33. The summed E-state index contributed by atoms with van der Waals surface area (Å²) in [6.07, 6.45) is 2.98. The Morgan fingerprint density at radius 1 is 1.36 bits per heavy atom. The smallest absolute Gasteiger partial charge is 0.255 e. The number of amides is 1. The van der Waals surface area contributed by atoms with Gasteiger partial charge in [0.1, 0.15) is 0 Å². The molecule has 25 heavy (non-hydrogen) atoms. The molecule has 6 heteroatoms. The third-order valence-corrected chi connectivity index (χ3v) is 4.96. The molecule has 3 rings (SSSR count). The van der Waals surface area contributed by atoms with Gasteiger partial charge in [0.05, 0.1) is 18.8 Å². The Morgan fingerprint density at radius 2 is 2.16 bits per heavy atom. The number of nitrogens with zero attached hydrogens (tertiary/aromatic N) is 1. The molecule has 1 amide bonds. The summed E-state index contributed by atoms with van der Waals surface area (Å²) in [5.74, 6) is -0.0675. The van der Waals surface area contributed by atoms with Gasteiger partial charge in [-0.15, -0.1) is 0 Å². The molecular formula is C19H27FN2O3. The van der Waals surface area contributed by atoms with Crippen LogP contribution < -0.4 is 10.1 Å². The van der Waals surface area contributed by atoms with Gasteiger partial charge in [-0.3, -0.25) is 4.79 Å². The number of carbonyl (C=O) groups is 1. The van der Waals surface area contributed by atoms with Crippen LogP contribution in [0.3, 0.4) is 0 Å². The summed E-state index contributed by atoms with van der Waals surface area (Å²) < 4.78 is 24.6. The van der Waals surface area contributed by atoms with Crippen molar-refractivity contribution in [3.8, 4) is 5.75 Å². The highest BCUT2D eigenvalue weighted by molar-refractivity contribution is 5.97. The van der Waals surface area contributed by atoms with Crippen LogP contribution in [0.1, 0.15) is 36.5 Å². The number of rotatable bonds is 6. The quantitative estimate of drug-likeness (QED) is 0.856. The van der Waals surface area contributed by atoms with E-state index in [4.69, 9.17) is 9.47 Å². The Balaban J connectivity index is 1.52. The van der Waals surface area contributed by atoms with Gasteiger partial charge in [-0.25, -0.2) is 4.39 Å². The van der Waals surface area contributed by atoms with Crippen LogP contribution in [0.2, 0.25) is 0 Å². The van der Waals surface area contributed by atoms with Crippen LogP contribution in [0.25, 0.3) is 0 Å². The Kier molecular flexibility index (Phi) is 6.26. The molecule has 2 heterocycles. The van der Waals surface area contributed by atoms with Crippen LogP contribution in [0.4, 0.5) is 4.39 Å². The van der Waals surface area contributed by atoms with Crippen molar-refractivity contribution < 1.29 is 18.7 Å². The second-order valence-electron chi connectivity index (χ2n) is 6.83. The van der Waals surface area contributed by atoms with Gasteiger partial charge in [0.25, 0.3) is 5.91 Å². The Labute approximate surface area is 148 Å². The first kappa shape index (κ1) is 18.1. The van der Waals surface area contributed by atoms with E-state index in [-0.39, 0.29) is 23.3 Å². The van der Waals surface area contributed by atoms with Gasteiger partial charge in [0.15, 0.2) is 11.6 Å². The lowest BCUT2D eigenvalue weighted by molar-refractivity contribution is 0.0898. The molecular weight excluding hydrogens is 323 g/mol. The van der Waals surface area contributed by atoms with E-state index in [9.17, 15) is 9.18 Å². The molecule has 138 valence electrons. The predicted octanol–water partition coefficient (Wildman–Crippen LogP) is 2.46. The third kappa shape index (κ3) is 4.70. The van der Waals surface area contributed by atoms with Gasteiger partial charge in [-0.05, 0) is 44.2 Å². The molecule has 1 aromatic carbocycles. The SMILES string of the molecule is CCOc1c(F)cccc1C(=O)NC1CCN(CC2CCOC2)CC1. The van der Waals surface area contributed by atoms with E-state index in [0.29, 0.717) is 12.5 Å². The number of benzene rings is 1. The summed E-state index contributed by atoms with van der Waals surface area (Å²) in [4.78, 5) is 15.0. The molecule has 1 N–H and O–H groups in total. The molecule has 0 spiro atoms. The minimum Gasteiger partial charge on any atom is -0.490 e. The summed E-state index contributed by atoms with van der Waals surface area (Å²) in [6, 6.07) is 4.59. The molecule has 1 atom stereocenters. The van der Waals surface area contributed by atoms with Gasteiger partial charge in [-0.2, -0.15) is 0 Å². The Morgan fingerprint density at radius 3 is 2.84 bits per heavy atom. The van der Waals surface area contributed by atoms with Crippen molar-refractivity contribution in [2.24, 2.45) is 5.92 Å². The van der Waals surface area contributed by atoms with Gasteiger partial charge < -0.3 is 19.7 Å². The number of ether oxygens (including phenoxy) is 2. The standard InChI is InChI=1S/C19H27FN2O3/c1-2-25-18-16(4-3-5-17(18)20)19(23)21-15-6-9-22(10-7-15)12-14-8-11-24-13-14/h3-5,14-15H,2,6-13H2,1H3,(H,21,23). The lowest BCUT2D eigenvalue weighted by Crippen LogP contribution is -2.46. The minimum atomic E-state index is -0.497. The van der Waals surface area contributed by atoms with Crippen LogP contribution in [0.15, 0.2) is 18.2 Å². The maximum Gasteiger partial charge on any atom is 0.255 e. The normalized spacial score (nSPS) is 22.1. The molecule has 2 fully saturated rings. The number of piperidine rings is 1. The highest BCUT2D eigenvalue weighted by atomic mass is 19.1. The first-order valence-corrected chi connectivity index (χ1v) is 9.19. The Hall–Kier alpha value is -1.66. The first-order chi connectivity index (χ1) is 12.2. The fraction of sp³-hybridized carbons (Fsp3) is 0.632. The van der Waals surface area contributed by atoms with Gasteiger partial charge >= 0.3 is 0 Å². The summed E-state index contributed by atoms with van der Waals surface area (Å²) in [6.45, 7) is 6.89. The van der Waals surface area contributed by atoms with Crippen molar-refractivity contribution in [2.75, 3.05) is 39.5 Å². The zero-order valence-electron chi connectivity index (χ0n) is 14.8. The van der Waals surface area contributed by atoms with Crippen LogP contribution in [-0.4, -0.2) is 56.3 Å². The first-order valence-electron chi connectivity index (χ1n) is 9.19. The van der Waals surface area contributed by atoms with E-state index >= 15 is 0 Å².